The van der Waals surface area contributed by atoms with Gasteiger partial charge in [-0.05, 0) is 92.4 Å². The summed E-state index contributed by atoms with van der Waals surface area (Å²) < 4.78 is 289. The van der Waals surface area contributed by atoms with Crippen molar-refractivity contribution in [3.8, 4) is 44.5 Å². The van der Waals surface area contributed by atoms with Crippen molar-refractivity contribution in [1.29, 1.82) is 0 Å². The third kappa shape index (κ3) is 5.02. The van der Waals surface area contributed by atoms with Crippen molar-refractivity contribution < 1.29 is 46.9 Å². The van der Waals surface area contributed by atoms with Crippen LogP contribution in [0.25, 0.3) is 66.4 Å². The van der Waals surface area contributed by atoms with Gasteiger partial charge >= 0.3 is 0 Å². The Morgan fingerprint density at radius 3 is 1.79 bits per heavy atom. The zero-order valence-corrected chi connectivity index (χ0v) is 27.4. The molecule has 0 fully saturated rings. The van der Waals surface area contributed by atoms with Gasteiger partial charge in [0.15, 0.2) is 0 Å². The summed E-state index contributed by atoms with van der Waals surface area (Å²) in [5.74, 6) is 0. The topological polar surface area (TPSA) is 16.4 Å². The Labute approximate surface area is 353 Å². The molecule has 0 radical (unpaired) electrons. The number of benzene rings is 8. The SMILES string of the molecule is [2H]c1c([2H])c([2H])c(-c2c([2H])c(N(c3c([2H])c([2H])c([2H])c([2H])c3-c3c([2H])c([2H])c([2H])c([2H])c3[2H])c3c([2H])c([2H])c([2H])c4oc5c([2H])c(-c6c([2H])c([2H])c([2H])c([2H])c6[2H])c([2H])c([2H])c5c34)c([2H])c3c2-c2c([2H])c([2H])c([2H])c([2H])c2C3(C)C)c([2H])c1[2H]. The van der Waals surface area contributed by atoms with E-state index in [1.165, 1.54) is 13.8 Å². The molecule has 0 saturated heterocycles. The first-order chi connectivity index (χ1) is 39.0. The standard InChI is InChI=1S/C51H37NO/c1-51(2)43-25-14-12-24-40(43)49-42(36-21-10-5-11-22-36)32-38(33-44(49)51)52(45-26-15-13-23-39(45)35-19-8-4-9-20-35)46-27-16-28-47-50(46)41-30-29-37(31-48(41)53-47)34-17-6-3-7-18-34/h3-33H,1-2H3/i3D,4D,5D,6D,7D,8D,9D,10D,11D,12D,13D,14D,15D,16D,17D,18D,19D,20D,21D,22D,23D,24D,25D,26D,27D,28D,29D,30D,31D,32D,33D. The van der Waals surface area contributed by atoms with Crippen LogP contribution in [0.4, 0.5) is 17.1 Å². The number of anilines is 3. The largest absolute Gasteiger partial charge is 0.456 e. The molecule has 0 amide bonds. The first-order valence-electron chi connectivity index (χ1n) is 31.3. The molecule has 2 heteroatoms. The van der Waals surface area contributed by atoms with E-state index in [1.54, 1.807) is 0 Å². The average Bonchev–Trinajstić information content (AvgIpc) is 1.58. The molecular weight excluding hydrogens is 643 g/mol. The zero-order chi connectivity index (χ0) is 62.5. The quantitative estimate of drug-likeness (QED) is 0.171. The highest BCUT2D eigenvalue weighted by Crippen LogP contribution is 2.55. The second-order valence-corrected chi connectivity index (χ2v) is 12.1. The maximum absolute atomic E-state index is 10.5. The molecule has 53 heavy (non-hydrogen) atoms. The molecule has 0 atom stereocenters. The monoisotopic (exact) mass is 710 g/mol. The zero-order valence-electron chi connectivity index (χ0n) is 58.4. The average molecular weight is 711 g/mol. The maximum atomic E-state index is 10.5. The summed E-state index contributed by atoms with van der Waals surface area (Å²) in [6.07, 6.45) is 0. The Bertz CT molecular complexity index is 4520. The van der Waals surface area contributed by atoms with Crippen LogP contribution in [0, 0.1) is 0 Å². The first kappa shape index (κ1) is 12.8. The molecular formula is C51H37NO. The molecule has 0 saturated carbocycles. The molecule has 8 aromatic carbocycles. The Kier molecular flexibility index (Phi) is 2.96. The van der Waals surface area contributed by atoms with E-state index in [0.717, 1.165) is 0 Å². The van der Waals surface area contributed by atoms with E-state index in [2.05, 4.69) is 0 Å². The number of hydrogen-bond acceptors (Lipinski definition) is 2. The van der Waals surface area contributed by atoms with Crippen molar-refractivity contribution in [2.75, 3.05) is 4.90 Å². The normalized spacial score (nSPS) is 21.1. The van der Waals surface area contributed by atoms with Gasteiger partial charge < -0.3 is 9.32 Å². The summed E-state index contributed by atoms with van der Waals surface area (Å²) >= 11 is 0. The van der Waals surface area contributed by atoms with Crippen molar-refractivity contribution >= 4 is 39.0 Å². The van der Waals surface area contributed by atoms with Crippen molar-refractivity contribution in [3.05, 3.63) is 198 Å². The second kappa shape index (κ2) is 12.3. The van der Waals surface area contributed by atoms with E-state index in [1.807, 2.05) is 0 Å². The van der Waals surface area contributed by atoms with Crippen LogP contribution in [0.15, 0.2) is 192 Å². The van der Waals surface area contributed by atoms with Crippen LogP contribution >= 0.6 is 0 Å². The van der Waals surface area contributed by atoms with E-state index in [0.29, 0.717) is 4.90 Å². The Morgan fingerprint density at radius 1 is 0.453 bits per heavy atom. The van der Waals surface area contributed by atoms with Crippen LogP contribution in [0.3, 0.4) is 0 Å². The van der Waals surface area contributed by atoms with E-state index in [-0.39, 0.29) is 5.56 Å². The summed E-state index contributed by atoms with van der Waals surface area (Å²) in [6, 6.07) is -31.5. The Hall–Kier alpha value is -6.64. The summed E-state index contributed by atoms with van der Waals surface area (Å²) in [6.45, 7) is 2.73. The van der Waals surface area contributed by atoms with Crippen LogP contribution in [-0.2, 0) is 5.41 Å². The van der Waals surface area contributed by atoms with Gasteiger partial charge in [-0.2, -0.15) is 0 Å². The van der Waals surface area contributed by atoms with E-state index >= 15 is 0 Å². The fourth-order valence-electron chi connectivity index (χ4n) is 6.47. The van der Waals surface area contributed by atoms with Crippen molar-refractivity contribution in [2.24, 2.45) is 0 Å². The van der Waals surface area contributed by atoms with Gasteiger partial charge in [0.1, 0.15) is 11.2 Å². The number of nitrogens with zero attached hydrogens (tertiary/aromatic N) is 1. The number of para-hydroxylation sites is 1. The van der Waals surface area contributed by atoms with Crippen molar-refractivity contribution in [3.63, 3.8) is 0 Å². The predicted octanol–water partition coefficient (Wildman–Crippen LogP) is 14.4. The molecule has 10 rings (SSSR count). The highest BCUT2D eigenvalue weighted by Gasteiger charge is 2.38. The lowest BCUT2D eigenvalue weighted by Crippen LogP contribution is -2.17. The van der Waals surface area contributed by atoms with Crippen LogP contribution in [-0.4, -0.2) is 0 Å². The molecule has 1 aliphatic carbocycles. The highest BCUT2D eigenvalue weighted by molar-refractivity contribution is 6.14. The van der Waals surface area contributed by atoms with Crippen molar-refractivity contribution in [2.45, 2.75) is 19.3 Å². The molecule has 1 heterocycles. The summed E-state index contributed by atoms with van der Waals surface area (Å²) in [4.78, 5) is 0.499. The second-order valence-electron chi connectivity index (χ2n) is 12.1. The van der Waals surface area contributed by atoms with Crippen LogP contribution in [0.1, 0.15) is 67.5 Å². The van der Waals surface area contributed by atoms with Crippen molar-refractivity contribution in [1.82, 2.24) is 0 Å². The Balaban J connectivity index is 1.56. The number of fused-ring (bicyclic) bond motifs is 6. The van der Waals surface area contributed by atoms with Crippen LogP contribution < -0.4 is 4.90 Å². The van der Waals surface area contributed by atoms with E-state index in [9.17, 15) is 23.3 Å². The summed E-state index contributed by atoms with van der Waals surface area (Å²) in [7, 11) is 0. The summed E-state index contributed by atoms with van der Waals surface area (Å²) in [5.41, 5.74) is -13.7. The van der Waals surface area contributed by atoms with Gasteiger partial charge in [0, 0.05) is 22.1 Å². The van der Waals surface area contributed by atoms with Gasteiger partial charge in [0.2, 0.25) is 0 Å². The minimum absolute atomic E-state index is 0.258. The smallest absolute Gasteiger partial charge is 0.137 e. The molecule has 9 aromatic rings. The molecule has 252 valence electrons. The van der Waals surface area contributed by atoms with Gasteiger partial charge in [-0.25, -0.2) is 0 Å². The molecule has 1 aromatic heterocycles. The lowest BCUT2D eigenvalue weighted by atomic mass is 9.81. The molecule has 1 aliphatic rings. The molecule has 0 unspecified atom stereocenters. The minimum Gasteiger partial charge on any atom is -0.456 e. The van der Waals surface area contributed by atoms with Gasteiger partial charge in [-0.3, -0.25) is 0 Å². The fraction of sp³-hybridized carbons (Fsp3) is 0.0588. The number of furan rings is 1. The fourth-order valence-corrected chi connectivity index (χ4v) is 6.47. The van der Waals surface area contributed by atoms with Gasteiger partial charge in [-0.1, -0.05) is 159 Å². The van der Waals surface area contributed by atoms with Gasteiger partial charge in [0.25, 0.3) is 0 Å². The Morgan fingerprint density at radius 2 is 1.06 bits per heavy atom. The molecule has 2 nitrogen and oxygen atoms in total. The molecule has 0 aliphatic heterocycles. The lowest BCUT2D eigenvalue weighted by Gasteiger charge is -2.31. The number of hydrogen-bond donors (Lipinski definition) is 0. The third-order valence-corrected chi connectivity index (χ3v) is 8.82. The number of rotatable bonds is 6. The first-order valence-corrected chi connectivity index (χ1v) is 15.8. The molecule has 0 spiro atoms. The summed E-state index contributed by atoms with van der Waals surface area (Å²) in [5, 5.41) is -1.56. The molecule has 0 bridgehead atoms. The third-order valence-electron chi connectivity index (χ3n) is 8.82. The van der Waals surface area contributed by atoms with E-state index in [4.69, 9.17) is 23.6 Å². The van der Waals surface area contributed by atoms with E-state index < -0.39 is 282 Å². The van der Waals surface area contributed by atoms with Crippen LogP contribution in [0.5, 0.6) is 0 Å². The van der Waals surface area contributed by atoms with Gasteiger partial charge in [-0.15, -0.1) is 0 Å². The van der Waals surface area contributed by atoms with Crippen LogP contribution in [0.2, 0.25) is 0 Å². The highest BCUT2D eigenvalue weighted by atomic mass is 16.3. The predicted molar refractivity (Wildman–Crippen MR) is 222 cm³/mol. The minimum atomic E-state index is -1.92. The van der Waals surface area contributed by atoms with Gasteiger partial charge in [0.05, 0.1) is 59.3 Å². The maximum Gasteiger partial charge on any atom is 0.137 e. The lowest BCUT2D eigenvalue weighted by molar-refractivity contribution is 0.660. The molecule has 0 N–H and O–H groups in total.